The zero-order chi connectivity index (χ0) is 22.2. The Labute approximate surface area is 191 Å². The van der Waals surface area contributed by atoms with Gasteiger partial charge in [0, 0.05) is 11.8 Å². The molecule has 0 spiro atoms. The topological polar surface area (TPSA) is 28.5 Å². The molecule has 0 fully saturated rings. The van der Waals surface area contributed by atoms with Gasteiger partial charge in [-0.05, 0) is 70.4 Å². The number of amidine groups is 1. The van der Waals surface area contributed by atoms with Crippen molar-refractivity contribution < 1.29 is 0 Å². The Bertz CT molecular complexity index is 1210. The smallest absolute Gasteiger partial charge is 0.331 e. The van der Waals surface area contributed by atoms with E-state index in [-0.39, 0.29) is 6.85 Å². The molecule has 0 saturated heterocycles. The Morgan fingerprint density at radius 1 is 0.812 bits per heavy atom. The lowest BCUT2D eigenvalue weighted by Crippen LogP contribution is -2.60. The minimum absolute atomic E-state index is 0.0679. The summed E-state index contributed by atoms with van der Waals surface area (Å²) in [5, 5.41) is 0. The lowest BCUT2D eigenvalue weighted by Gasteiger charge is -2.38. The van der Waals surface area contributed by atoms with Crippen LogP contribution >= 0.6 is 0 Å². The molecule has 0 atom stereocenters. The predicted octanol–water partition coefficient (Wildman–Crippen LogP) is 5.39. The molecule has 4 heteroatoms. The molecule has 0 saturated carbocycles. The van der Waals surface area contributed by atoms with E-state index in [1.807, 2.05) is 18.3 Å². The Morgan fingerprint density at radius 2 is 1.53 bits per heavy atom. The Hall–Kier alpha value is -3.40. The van der Waals surface area contributed by atoms with Crippen LogP contribution in [0.15, 0.2) is 90.2 Å². The van der Waals surface area contributed by atoms with E-state index in [0.29, 0.717) is 11.8 Å². The Balaban J connectivity index is 1.77. The van der Waals surface area contributed by atoms with Crippen molar-refractivity contribution in [1.82, 2.24) is 9.79 Å². The molecule has 2 aliphatic rings. The summed E-state index contributed by atoms with van der Waals surface area (Å²) in [6, 6.07) is 21.4. The van der Waals surface area contributed by atoms with Gasteiger partial charge in [-0.2, -0.15) is 0 Å². The van der Waals surface area contributed by atoms with E-state index in [9.17, 15) is 0 Å². The number of pyridine rings is 1. The van der Waals surface area contributed by atoms with Crippen LogP contribution in [0.3, 0.4) is 0 Å². The molecule has 1 aromatic heterocycles. The zero-order valence-electron chi connectivity index (χ0n) is 19.2. The van der Waals surface area contributed by atoms with Gasteiger partial charge in [0.05, 0.1) is 11.4 Å². The third-order valence-electron chi connectivity index (χ3n) is 6.36. The fourth-order valence-electron chi connectivity index (χ4n) is 4.87. The van der Waals surface area contributed by atoms with Crippen LogP contribution in [0.2, 0.25) is 0 Å². The molecule has 0 radical (unpaired) electrons. The first-order chi connectivity index (χ1) is 15.6. The van der Waals surface area contributed by atoms with Crippen LogP contribution in [0.4, 0.5) is 5.69 Å². The van der Waals surface area contributed by atoms with Crippen molar-refractivity contribution in [3.63, 3.8) is 0 Å². The maximum absolute atomic E-state index is 5.13. The molecular weight excluding hydrogens is 389 g/mol. The summed E-state index contributed by atoms with van der Waals surface area (Å²) >= 11 is 0. The van der Waals surface area contributed by atoms with E-state index in [2.05, 4.69) is 104 Å². The highest BCUT2D eigenvalue weighted by Gasteiger charge is 2.39. The molecule has 3 heterocycles. The number of hydrogen-bond donors (Lipinski definition) is 0. The molecule has 2 aliphatic heterocycles. The van der Waals surface area contributed by atoms with Gasteiger partial charge in [0.1, 0.15) is 5.84 Å². The monoisotopic (exact) mass is 417 g/mol. The fourth-order valence-corrected chi connectivity index (χ4v) is 4.87. The number of fused-ring (bicyclic) bond motifs is 2. The minimum atomic E-state index is 0.0679. The number of aromatic nitrogens is 1. The standard InChI is InChI=1S/C28H28BN3/c1-19(2)21-11-9-12-22(20(3)4)27(21)29-24-14-5-6-16-26(24)31-28-23(13-10-18-32(28)29)25-15-7-8-17-30-25/h5-20H,1-4H3. The molecule has 5 rings (SSSR count). The van der Waals surface area contributed by atoms with Crippen LogP contribution in [-0.4, -0.2) is 22.5 Å². The van der Waals surface area contributed by atoms with Gasteiger partial charge < -0.3 is 4.81 Å². The number of rotatable bonds is 4. The molecule has 0 N–H and O–H groups in total. The van der Waals surface area contributed by atoms with E-state index in [4.69, 9.17) is 4.99 Å². The van der Waals surface area contributed by atoms with Gasteiger partial charge in [-0.25, -0.2) is 4.99 Å². The number of benzene rings is 2. The van der Waals surface area contributed by atoms with Crippen molar-refractivity contribution in [2.45, 2.75) is 39.5 Å². The average molecular weight is 417 g/mol. The Kier molecular flexibility index (Phi) is 5.30. The van der Waals surface area contributed by atoms with Crippen molar-refractivity contribution in [2.24, 2.45) is 4.99 Å². The van der Waals surface area contributed by atoms with Crippen molar-refractivity contribution in [1.29, 1.82) is 0 Å². The number of nitrogens with zero attached hydrogens (tertiary/aromatic N) is 3. The van der Waals surface area contributed by atoms with E-state index in [0.717, 1.165) is 22.8 Å². The molecule has 2 aromatic carbocycles. The van der Waals surface area contributed by atoms with Gasteiger partial charge in [-0.3, -0.25) is 4.98 Å². The number of allylic oxidation sites excluding steroid dienone is 2. The second-order valence-electron chi connectivity index (χ2n) is 9.10. The SMILES string of the molecule is CC(C)c1cccc(C(C)C)c1B1c2ccccc2N=C2C(c3ccccn3)=CC=CN12. The first-order valence-corrected chi connectivity index (χ1v) is 11.4. The molecule has 0 aliphatic carbocycles. The number of hydrogen-bond acceptors (Lipinski definition) is 3. The van der Waals surface area contributed by atoms with Crippen molar-refractivity contribution in [2.75, 3.05) is 0 Å². The minimum Gasteiger partial charge on any atom is -0.367 e. The second-order valence-corrected chi connectivity index (χ2v) is 9.10. The average Bonchev–Trinajstić information content (AvgIpc) is 2.82. The van der Waals surface area contributed by atoms with Crippen molar-refractivity contribution in [3.05, 3.63) is 102 Å². The molecule has 0 bridgehead atoms. The van der Waals surface area contributed by atoms with E-state index >= 15 is 0 Å². The van der Waals surface area contributed by atoms with Crippen molar-refractivity contribution in [3.8, 4) is 0 Å². The van der Waals surface area contributed by atoms with Gasteiger partial charge in [0.2, 0.25) is 0 Å². The van der Waals surface area contributed by atoms with Gasteiger partial charge in [-0.1, -0.05) is 70.2 Å². The van der Waals surface area contributed by atoms with E-state index < -0.39 is 0 Å². The van der Waals surface area contributed by atoms with E-state index in [1.54, 1.807) is 0 Å². The van der Waals surface area contributed by atoms with Gasteiger partial charge in [-0.15, -0.1) is 0 Å². The maximum atomic E-state index is 5.13. The molecule has 3 aromatic rings. The van der Waals surface area contributed by atoms with Crippen LogP contribution in [0.5, 0.6) is 0 Å². The first-order valence-electron chi connectivity index (χ1n) is 11.4. The van der Waals surface area contributed by atoms with Crippen LogP contribution in [0, 0.1) is 0 Å². The van der Waals surface area contributed by atoms with E-state index in [1.165, 1.54) is 22.1 Å². The number of aliphatic imine (C=N–C) groups is 1. The normalized spacial score (nSPS) is 14.9. The molecule has 32 heavy (non-hydrogen) atoms. The summed E-state index contributed by atoms with van der Waals surface area (Å²) in [4.78, 5) is 12.1. The summed E-state index contributed by atoms with van der Waals surface area (Å²) in [5.74, 6) is 1.82. The molecule has 3 nitrogen and oxygen atoms in total. The Morgan fingerprint density at radius 3 is 2.22 bits per heavy atom. The quantitative estimate of drug-likeness (QED) is 0.533. The summed E-state index contributed by atoms with van der Waals surface area (Å²) in [6.45, 7) is 9.23. The predicted molar refractivity (Wildman–Crippen MR) is 136 cm³/mol. The highest BCUT2D eigenvalue weighted by molar-refractivity contribution is 6.87. The molecule has 0 unspecified atom stereocenters. The third kappa shape index (κ3) is 3.40. The second kappa shape index (κ2) is 8.27. The van der Waals surface area contributed by atoms with Gasteiger partial charge >= 0.3 is 6.85 Å². The summed E-state index contributed by atoms with van der Waals surface area (Å²) in [7, 11) is 0. The number of para-hydroxylation sites is 1. The van der Waals surface area contributed by atoms with Crippen LogP contribution < -0.4 is 10.9 Å². The lowest BCUT2D eigenvalue weighted by molar-refractivity contribution is 0.828. The molecular formula is C28H28BN3. The highest BCUT2D eigenvalue weighted by atomic mass is 15.1. The van der Waals surface area contributed by atoms with Crippen LogP contribution in [0.1, 0.15) is 56.4 Å². The zero-order valence-corrected chi connectivity index (χ0v) is 19.2. The van der Waals surface area contributed by atoms with Gasteiger partial charge in [0.15, 0.2) is 0 Å². The van der Waals surface area contributed by atoms with Crippen LogP contribution in [-0.2, 0) is 0 Å². The fraction of sp³-hybridized carbons (Fsp3) is 0.214. The molecule has 0 amide bonds. The summed E-state index contributed by atoms with van der Waals surface area (Å²) in [5.41, 5.74) is 8.50. The maximum Gasteiger partial charge on any atom is 0.331 e. The summed E-state index contributed by atoms with van der Waals surface area (Å²) < 4.78 is 0. The largest absolute Gasteiger partial charge is 0.367 e. The first kappa shape index (κ1) is 20.5. The summed E-state index contributed by atoms with van der Waals surface area (Å²) in [6.07, 6.45) is 8.27. The third-order valence-corrected chi connectivity index (χ3v) is 6.36. The lowest BCUT2D eigenvalue weighted by atomic mass is 9.45. The van der Waals surface area contributed by atoms with Gasteiger partial charge in [0.25, 0.3) is 0 Å². The highest BCUT2D eigenvalue weighted by Crippen LogP contribution is 2.30. The molecule has 158 valence electrons. The van der Waals surface area contributed by atoms with Crippen LogP contribution in [0.25, 0.3) is 5.57 Å². The van der Waals surface area contributed by atoms with Crippen molar-refractivity contribution >= 4 is 34.9 Å².